The van der Waals surface area contributed by atoms with Gasteiger partial charge in [-0.1, -0.05) is 18.2 Å². The summed E-state index contributed by atoms with van der Waals surface area (Å²) in [5.74, 6) is -0.127. The smallest absolute Gasteiger partial charge is 0.243 e. The van der Waals surface area contributed by atoms with Crippen LogP contribution in [0.2, 0.25) is 0 Å². The number of amides is 2. The molecule has 0 bridgehead atoms. The van der Waals surface area contributed by atoms with E-state index in [1.165, 1.54) is 0 Å². The number of piperazine rings is 1. The zero-order chi connectivity index (χ0) is 20.8. The van der Waals surface area contributed by atoms with Crippen molar-refractivity contribution in [3.8, 4) is 5.75 Å². The van der Waals surface area contributed by atoms with Crippen LogP contribution in [0.4, 0.5) is 11.4 Å². The van der Waals surface area contributed by atoms with Gasteiger partial charge in [0.25, 0.3) is 0 Å². The average molecular weight is 396 g/mol. The van der Waals surface area contributed by atoms with Gasteiger partial charge in [-0.05, 0) is 49.2 Å². The van der Waals surface area contributed by atoms with E-state index in [1.807, 2.05) is 44.2 Å². The Bertz CT molecular complexity index is 839. The SMILES string of the molecule is Cc1cccc(C)c1NC(=O)CNC(=O)CN1CCN(c2ccc(O)cc2)CC1. The van der Waals surface area contributed by atoms with Crippen molar-refractivity contribution < 1.29 is 14.7 Å². The largest absolute Gasteiger partial charge is 0.508 e. The van der Waals surface area contributed by atoms with Crippen LogP contribution in [0.5, 0.6) is 5.75 Å². The quantitative estimate of drug-likeness (QED) is 0.694. The highest BCUT2D eigenvalue weighted by molar-refractivity contribution is 5.95. The van der Waals surface area contributed by atoms with Crippen molar-refractivity contribution in [3.63, 3.8) is 0 Å². The van der Waals surface area contributed by atoms with E-state index >= 15 is 0 Å². The highest BCUT2D eigenvalue weighted by Gasteiger charge is 2.19. The lowest BCUT2D eigenvalue weighted by Crippen LogP contribution is -2.50. The molecule has 0 unspecified atom stereocenters. The minimum absolute atomic E-state index is 0.0416. The molecule has 1 aliphatic heterocycles. The molecule has 2 amide bonds. The minimum Gasteiger partial charge on any atom is -0.508 e. The third-order valence-electron chi connectivity index (χ3n) is 5.15. The lowest BCUT2D eigenvalue weighted by molar-refractivity contribution is -0.125. The molecule has 154 valence electrons. The van der Waals surface area contributed by atoms with Crippen molar-refractivity contribution in [1.82, 2.24) is 10.2 Å². The standard InChI is InChI=1S/C22H28N4O3/c1-16-4-3-5-17(2)22(16)24-20(28)14-23-21(29)15-25-10-12-26(13-11-25)18-6-8-19(27)9-7-18/h3-9,27H,10-15H2,1-2H3,(H,23,29)(H,24,28). The Kier molecular flexibility index (Phi) is 6.72. The third-order valence-corrected chi connectivity index (χ3v) is 5.15. The Morgan fingerprint density at radius 2 is 1.55 bits per heavy atom. The van der Waals surface area contributed by atoms with Gasteiger partial charge in [0, 0.05) is 37.6 Å². The van der Waals surface area contributed by atoms with Crippen LogP contribution in [0.25, 0.3) is 0 Å². The van der Waals surface area contributed by atoms with Crippen LogP contribution in [-0.4, -0.2) is 61.1 Å². The average Bonchev–Trinajstić information content (AvgIpc) is 2.71. The van der Waals surface area contributed by atoms with Gasteiger partial charge in [0.15, 0.2) is 0 Å². The molecular weight excluding hydrogens is 368 g/mol. The molecule has 3 N–H and O–H groups in total. The van der Waals surface area contributed by atoms with Crippen molar-refractivity contribution in [2.45, 2.75) is 13.8 Å². The first-order chi connectivity index (χ1) is 13.9. The van der Waals surface area contributed by atoms with Gasteiger partial charge in [0.1, 0.15) is 5.75 Å². The molecule has 3 rings (SSSR count). The van der Waals surface area contributed by atoms with E-state index in [-0.39, 0.29) is 30.7 Å². The molecule has 0 aliphatic carbocycles. The number of hydrogen-bond acceptors (Lipinski definition) is 5. The summed E-state index contributed by atoms with van der Waals surface area (Å²) in [5.41, 5.74) is 3.86. The van der Waals surface area contributed by atoms with Crippen molar-refractivity contribution in [2.75, 3.05) is 49.5 Å². The van der Waals surface area contributed by atoms with Gasteiger partial charge >= 0.3 is 0 Å². The maximum Gasteiger partial charge on any atom is 0.243 e. The van der Waals surface area contributed by atoms with Gasteiger partial charge in [-0.15, -0.1) is 0 Å². The summed E-state index contributed by atoms with van der Waals surface area (Å²) in [5, 5.41) is 15.0. The zero-order valence-corrected chi connectivity index (χ0v) is 16.9. The van der Waals surface area contributed by atoms with Crippen molar-refractivity contribution in [1.29, 1.82) is 0 Å². The molecule has 29 heavy (non-hydrogen) atoms. The Morgan fingerprint density at radius 3 is 2.17 bits per heavy atom. The number of anilines is 2. The molecule has 2 aromatic rings. The molecule has 0 radical (unpaired) electrons. The number of rotatable bonds is 6. The van der Waals surface area contributed by atoms with E-state index in [0.717, 1.165) is 48.7 Å². The van der Waals surface area contributed by atoms with Gasteiger partial charge in [0.05, 0.1) is 13.1 Å². The summed E-state index contributed by atoms with van der Waals surface area (Å²) >= 11 is 0. The van der Waals surface area contributed by atoms with E-state index in [4.69, 9.17) is 0 Å². The van der Waals surface area contributed by atoms with Gasteiger partial charge in [0.2, 0.25) is 11.8 Å². The summed E-state index contributed by atoms with van der Waals surface area (Å²) < 4.78 is 0. The van der Waals surface area contributed by atoms with E-state index in [2.05, 4.69) is 20.4 Å². The van der Waals surface area contributed by atoms with Crippen LogP contribution in [0.3, 0.4) is 0 Å². The molecule has 0 aromatic heterocycles. The Balaban J connectivity index is 1.40. The Morgan fingerprint density at radius 1 is 0.931 bits per heavy atom. The fourth-order valence-corrected chi connectivity index (χ4v) is 3.46. The van der Waals surface area contributed by atoms with Crippen LogP contribution < -0.4 is 15.5 Å². The van der Waals surface area contributed by atoms with Crippen molar-refractivity contribution >= 4 is 23.2 Å². The molecule has 7 heteroatoms. The number of carbonyl (C=O) groups is 2. The molecule has 0 spiro atoms. The van der Waals surface area contributed by atoms with Crippen LogP contribution in [0, 0.1) is 13.8 Å². The number of phenols is 1. The monoisotopic (exact) mass is 396 g/mol. The number of carbonyl (C=O) groups excluding carboxylic acids is 2. The van der Waals surface area contributed by atoms with E-state index in [9.17, 15) is 14.7 Å². The third kappa shape index (κ3) is 5.71. The first kappa shape index (κ1) is 20.7. The van der Waals surface area contributed by atoms with Gasteiger partial charge in [-0.2, -0.15) is 0 Å². The number of nitrogens with zero attached hydrogens (tertiary/aromatic N) is 2. The van der Waals surface area contributed by atoms with Gasteiger partial charge in [-0.3, -0.25) is 14.5 Å². The zero-order valence-electron chi connectivity index (χ0n) is 16.9. The van der Waals surface area contributed by atoms with Crippen LogP contribution in [-0.2, 0) is 9.59 Å². The minimum atomic E-state index is -0.229. The summed E-state index contributed by atoms with van der Waals surface area (Å²) in [6.07, 6.45) is 0. The molecule has 1 fully saturated rings. The second kappa shape index (κ2) is 9.43. The lowest BCUT2D eigenvalue weighted by atomic mass is 10.1. The Hall–Kier alpha value is -3.06. The van der Waals surface area contributed by atoms with Crippen LogP contribution in [0.15, 0.2) is 42.5 Å². The van der Waals surface area contributed by atoms with Crippen molar-refractivity contribution in [2.24, 2.45) is 0 Å². The molecular formula is C22H28N4O3. The summed E-state index contributed by atoms with van der Waals surface area (Å²) in [6.45, 7) is 7.28. The second-order valence-electron chi connectivity index (χ2n) is 7.37. The van der Waals surface area contributed by atoms with E-state index in [0.29, 0.717) is 0 Å². The Labute approximate surface area is 171 Å². The fraction of sp³-hybridized carbons (Fsp3) is 0.364. The molecule has 1 saturated heterocycles. The fourth-order valence-electron chi connectivity index (χ4n) is 3.46. The topological polar surface area (TPSA) is 84.9 Å². The maximum absolute atomic E-state index is 12.2. The predicted molar refractivity (Wildman–Crippen MR) is 114 cm³/mol. The van der Waals surface area contributed by atoms with Gasteiger partial charge < -0.3 is 20.6 Å². The first-order valence-electron chi connectivity index (χ1n) is 9.81. The predicted octanol–water partition coefficient (Wildman–Crippen LogP) is 1.89. The van der Waals surface area contributed by atoms with Crippen molar-refractivity contribution in [3.05, 3.63) is 53.6 Å². The number of phenolic OH excluding ortho intramolecular Hbond substituents is 1. The number of aromatic hydroxyl groups is 1. The van der Waals surface area contributed by atoms with E-state index in [1.54, 1.807) is 12.1 Å². The lowest BCUT2D eigenvalue weighted by Gasteiger charge is -2.35. The normalized spacial score (nSPS) is 14.5. The number of hydrogen-bond donors (Lipinski definition) is 3. The van der Waals surface area contributed by atoms with Gasteiger partial charge in [-0.25, -0.2) is 0 Å². The van der Waals surface area contributed by atoms with E-state index < -0.39 is 0 Å². The van der Waals surface area contributed by atoms with Crippen LogP contribution >= 0.6 is 0 Å². The van der Waals surface area contributed by atoms with Crippen LogP contribution in [0.1, 0.15) is 11.1 Å². The number of benzene rings is 2. The molecule has 7 nitrogen and oxygen atoms in total. The molecule has 0 saturated carbocycles. The highest BCUT2D eigenvalue weighted by atomic mass is 16.3. The first-order valence-corrected chi connectivity index (χ1v) is 9.81. The maximum atomic E-state index is 12.2. The summed E-state index contributed by atoms with van der Waals surface area (Å²) in [7, 11) is 0. The molecule has 1 aliphatic rings. The second-order valence-corrected chi connectivity index (χ2v) is 7.37. The number of aryl methyl sites for hydroxylation is 2. The molecule has 1 heterocycles. The molecule has 0 atom stereocenters. The number of nitrogens with one attached hydrogen (secondary N) is 2. The molecule has 2 aromatic carbocycles. The number of para-hydroxylation sites is 1. The summed E-state index contributed by atoms with van der Waals surface area (Å²) in [4.78, 5) is 28.7. The summed E-state index contributed by atoms with van der Waals surface area (Å²) in [6, 6.07) is 13.0. The highest BCUT2D eigenvalue weighted by Crippen LogP contribution is 2.20.